The summed E-state index contributed by atoms with van der Waals surface area (Å²) in [6.07, 6.45) is 6.58. The minimum absolute atomic E-state index is 0.0292. The Labute approximate surface area is 225 Å². The number of carbonyl (C=O) groups excluding carboxylic acids is 4. The van der Waals surface area contributed by atoms with Crippen LogP contribution in [0.25, 0.3) is 0 Å². The molecular formula is C30H44O8. The molecule has 3 saturated carbocycles. The van der Waals surface area contributed by atoms with Crippen molar-refractivity contribution in [2.24, 2.45) is 28.6 Å². The average molecular weight is 533 g/mol. The fourth-order valence-electron chi connectivity index (χ4n) is 8.37. The lowest BCUT2D eigenvalue weighted by Crippen LogP contribution is -2.63. The van der Waals surface area contributed by atoms with Gasteiger partial charge in [-0.25, -0.2) is 4.79 Å². The van der Waals surface area contributed by atoms with E-state index in [0.717, 1.165) is 31.3 Å². The average Bonchev–Trinajstić information content (AvgIpc) is 3.17. The predicted octanol–water partition coefficient (Wildman–Crippen LogP) is 5.09. The number of hydrogen-bond donors (Lipinski definition) is 1. The first-order valence-corrected chi connectivity index (χ1v) is 14.5. The third-order valence-corrected chi connectivity index (χ3v) is 10.2. The van der Waals surface area contributed by atoms with E-state index in [1.807, 2.05) is 20.8 Å². The number of ether oxygens (including phenoxy) is 3. The minimum atomic E-state index is -1.54. The molecule has 1 N–H and O–H groups in total. The number of carbonyl (C=O) groups is 4. The smallest absolute Gasteiger partial charge is 0.457 e. The second kappa shape index (κ2) is 11.1. The molecule has 212 valence electrons. The predicted molar refractivity (Wildman–Crippen MR) is 139 cm³/mol. The van der Waals surface area contributed by atoms with Crippen molar-refractivity contribution in [2.45, 2.75) is 110 Å². The quantitative estimate of drug-likeness (QED) is 0.408. The molecule has 8 heteroatoms. The molecule has 7 atom stereocenters. The van der Waals surface area contributed by atoms with Gasteiger partial charge in [0.15, 0.2) is 18.0 Å². The topological polar surface area (TPSA) is 116 Å². The summed E-state index contributed by atoms with van der Waals surface area (Å²) >= 11 is 0. The Hall–Kier alpha value is -2.22. The summed E-state index contributed by atoms with van der Waals surface area (Å²) in [6.45, 7) is 7.68. The highest BCUT2D eigenvalue weighted by Gasteiger charge is 2.70. The number of fused-ring (bicyclic) bond motifs is 5. The maximum Gasteiger partial charge on any atom is 0.509 e. The van der Waals surface area contributed by atoms with Crippen LogP contribution < -0.4 is 0 Å². The number of ketones is 2. The van der Waals surface area contributed by atoms with E-state index >= 15 is 0 Å². The number of esters is 1. The maximum absolute atomic E-state index is 13.9. The van der Waals surface area contributed by atoms with Crippen LogP contribution in [0.1, 0.15) is 98.3 Å². The molecule has 0 aromatic rings. The third-order valence-electron chi connectivity index (χ3n) is 10.2. The van der Waals surface area contributed by atoms with Crippen molar-refractivity contribution in [1.82, 2.24) is 0 Å². The number of Topliss-reactive ketones (excluding diaryl/α,β-unsaturated/α-hetero) is 1. The Kier molecular flexibility index (Phi) is 8.41. The first-order chi connectivity index (χ1) is 18.0. The normalized spacial score (nSPS) is 37.8. The summed E-state index contributed by atoms with van der Waals surface area (Å²) < 4.78 is 16.5. The van der Waals surface area contributed by atoms with E-state index in [2.05, 4.69) is 6.92 Å². The minimum Gasteiger partial charge on any atom is -0.457 e. The van der Waals surface area contributed by atoms with Crippen molar-refractivity contribution in [2.75, 3.05) is 13.2 Å². The van der Waals surface area contributed by atoms with Crippen LogP contribution in [-0.4, -0.2) is 53.7 Å². The van der Waals surface area contributed by atoms with Gasteiger partial charge in [0.1, 0.15) is 0 Å². The van der Waals surface area contributed by atoms with Crippen LogP contribution in [0.4, 0.5) is 4.79 Å². The third kappa shape index (κ3) is 4.82. The van der Waals surface area contributed by atoms with Crippen molar-refractivity contribution in [3.8, 4) is 0 Å². The van der Waals surface area contributed by atoms with Gasteiger partial charge in [0.05, 0.1) is 12.7 Å². The van der Waals surface area contributed by atoms with E-state index in [4.69, 9.17) is 14.2 Å². The molecule has 0 aromatic heterocycles. The fourth-order valence-corrected chi connectivity index (χ4v) is 8.37. The van der Waals surface area contributed by atoms with Crippen molar-refractivity contribution in [1.29, 1.82) is 0 Å². The molecule has 4 aliphatic rings. The van der Waals surface area contributed by atoms with Crippen molar-refractivity contribution >= 4 is 23.7 Å². The van der Waals surface area contributed by atoms with Crippen LogP contribution in [0.15, 0.2) is 11.6 Å². The molecule has 0 aliphatic heterocycles. The van der Waals surface area contributed by atoms with Gasteiger partial charge in [0.25, 0.3) is 0 Å². The summed E-state index contributed by atoms with van der Waals surface area (Å²) in [5.74, 6) is -0.611. The lowest BCUT2D eigenvalue weighted by Gasteiger charge is -2.60. The second-order valence-electron chi connectivity index (χ2n) is 12.3. The molecule has 3 fully saturated rings. The van der Waals surface area contributed by atoms with E-state index in [-0.39, 0.29) is 48.4 Å². The highest BCUT2D eigenvalue weighted by molar-refractivity contribution is 5.93. The standard InChI is InChI=1S/C30H44O8/c1-5-7-8-25(34)37-18-24(33)30(38-27(35)36-15-6-2)14-12-22-21-10-9-19-16-20(31)11-13-28(19,3)26(21)23(32)17-29(22,30)4/h16,21-23,26,32H,5-15,17-18H2,1-4H3/t21-,22-,23-,26+,28-,29-,30-/m0/s1. The van der Waals surface area contributed by atoms with E-state index in [1.165, 1.54) is 0 Å². The number of allylic oxidation sites excluding steroid dienone is 1. The Morgan fingerprint density at radius 1 is 1.05 bits per heavy atom. The van der Waals surface area contributed by atoms with Crippen LogP contribution in [0.2, 0.25) is 0 Å². The van der Waals surface area contributed by atoms with Crippen LogP contribution in [0, 0.1) is 28.6 Å². The zero-order valence-electron chi connectivity index (χ0n) is 23.4. The molecule has 0 saturated heterocycles. The van der Waals surface area contributed by atoms with E-state index in [1.54, 1.807) is 6.08 Å². The molecule has 0 aromatic carbocycles. The number of aliphatic hydroxyl groups is 1. The van der Waals surface area contributed by atoms with Crippen LogP contribution in [0.3, 0.4) is 0 Å². The van der Waals surface area contributed by atoms with Gasteiger partial charge in [-0.15, -0.1) is 0 Å². The Morgan fingerprint density at radius 2 is 1.82 bits per heavy atom. The molecule has 4 rings (SSSR count). The summed E-state index contributed by atoms with van der Waals surface area (Å²) in [5.41, 5.74) is -1.51. The second-order valence-corrected chi connectivity index (χ2v) is 12.3. The molecule has 0 bridgehead atoms. The first kappa shape index (κ1) is 28.8. The van der Waals surface area contributed by atoms with Gasteiger partial charge in [-0.2, -0.15) is 0 Å². The van der Waals surface area contributed by atoms with E-state index < -0.39 is 41.6 Å². The molecule has 0 unspecified atom stereocenters. The van der Waals surface area contributed by atoms with E-state index in [0.29, 0.717) is 32.1 Å². The molecule has 0 radical (unpaired) electrons. The monoisotopic (exact) mass is 532 g/mol. The molecule has 0 heterocycles. The van der Waals surface area contributed by atoms with Gasteiger partial charge in [-0.3, -0.25) is 14.4 Å². The van der Waals surface area contributed by atoms with Gasteiger partial charge < -0.3 is 19.3 Å². The number of hydrogen-bond acceptors (Lipinski definition) is 8. The molecule has 38 heavy (non-hydrogen) atoms. The summed E-state index contributed by atoms with van der Waals surface area (Å²) in [4.78, 5) is 51.0. The largest absolute Gasteiger partial charge is 0.509 e. The van der Waals surface area contributed by atoms with Gasteiger partial charge >= 0.3 is 12.1 Å². The van der Waals surface area contributed by atoms with Gasteiger partial charge in [-0.05, 0) is 80.6 Å². The highest BCUT2D eigenvalue weighted by Crippen LogP contribution is 2.68. The van der Waals surface area contributed by atoms with Crippen LogP contribution in [-0.2, 0) is 28.6 Å². The number of aliphatic hydroxyl groups excluding tert-OH is 1. The van der Waals surface area contributed by atoms with Gasteiger partial charge in [0, 0.05) is 18.3 Å². The molecule has 0 spiro atoms. The Morgan fingerprint density at radius 3 is 2.53 bits per heavy atom. The molecular weight excluding hydrogens is 488 g/mol. The van der Waals surface area contributed by atoms with E-state index in [9.17, 15) is 24.3 Å². The summed E-state index contributed by atoms with van der Waals surface area (Å²) in [7, 11) is 0. The van der Waals surface area contributed by atoms with Crippen LogP contribution in [0.5, 0.6) is 0 Å². The zero-order valence-corrected chi connectivity index (χ0v) is 23.4. The van der Waals surface area contributed by atoms with Gasteiger partial charge in [-0.1, -0.05) is 39.7 Å². The molecule has 8 nitrogen and oxygen atoms in total. The Balaban J connectivity index is 1.64. The zero-order chi connectivity index (χ0) is 27.7. The van der Waals surface area contributed by atoms with Crippen LogP contribution >= 0.6 is 0 Å². The fraction of sp³-hybridized carbons (Fsp3) is 0.800. The summed E-state index contributed by atoms with van der Waals surface area (Å²) in [6, 6.07) is 0. The lowest BCUT2D eigenvalue weighted by molar-refractivity contribution is -0.189. The molecule has 0 amide bonds. The lowest BCUT2D eigenvalue weighted by atomic mass is 9.45. The van der Waals surface area contributed by atoms with Gasteiger partial charge in [0.2, 0.25) is 5.78 Å². The SMILES string of the molecule is CCCCC(=O)OCC(=O)[C@@]1(OC(=O)OCCC)CC[C@H]2[C@@H]3CCC4=CC(=O)CC[C@]4(C)[C@H]3[C@@H](O)C[C@@]21C. The molecule has 4 aliphatic carbocycles. The first-order valence-electron chi connectivity index (χ1n) is 14.5. The maximum atomic E-state index is 13.9. The highest BCUT2D eigenvalue weighted by atomic mass is 16.7. The van der Waals surface area contributed by atoms with Crippen molar-refractivity contribution in [3.63, 3.8) is 0 Å². The Bertz CT molecular complexity index is 987. The van der Waals surface area contributed by atoms with Crippen molar-refractivity contribution in [3.05, 3.63) is 11.6 Å². The number of unbranched alkanes of at least 4 members (excludes halogenated alkanes) is 1. The number of rotatable bonds is 9. The summed E-state index contributed by atoms with van der Waals surface area (Å²) in [5, 5.41) is 11.7. The van der Waals surface area contributed by atoms with Crippen molar-refractivity contribution < 1.29 is 38.5 Å².